The lowest BCUT2D eigenvalue weighted by atomic mass is 10.2. The molecule has 0 saturated heterocycles. The van der Waals surface area contributed by atoms with Crippen LogP contribution in [0, 0.1) is 0 Å². The van der Waals surface area contributed by atoms with Gasteiger partial charge in [-0.05, 0) is 31.9 Å². The van der Waals surface area contributed by atoms with Gasteiger partial charge in [-0.25, -0.2) is 4.79 Å². The van der Waals surface area contributed by atoms with Crippen LogP contribution in [0.4, 0.5) is 0 Å². The van der Waals surface area contributed by atoms with Crippen molar-refractivity contribution in [1.82, 2.24) is 5.32 Å². The molecule has 0 heterocycles. The summed E-state index contributed by atoms with van der Waals surface area (Å²) < 4.78 is 10.3. The Morgan fingerprint density at radius 2 is 1.90 bits per heavy atom. The van der Waals surface area contributed by atoms with Crippen molar-refractivity contribution in [2.45, 2.75) is 44.8 Å². The van der Waals surface area contributed by atoms with Crippen LogP contribution in [-0.4, -0.2) is 30.6 Å². The van der Waals surface area contributed by atoms with Crippen molar-refractivity contribution in [2.24, 2.45) is 0 Å². The molecule has 1 atom stereocenters. The molecule has 1 N–H and O–H groups in total. The zero-order valence-electron chi connectivity index (χ0n) is 12.2. The molecule has 0 aromatic heterocycles. The fraction of sp³-hybridized carbons (Fsp3) is 0.500. The second-order valence-electron chi connectivity index (χ2n) is 5.22. The normalized spacial score (nSPS) is 16.2. The summed E-state index contributed by atoms with van der Waals surface area (Å²) in [5, 5.41) is 2.90. The number of hydrogen-bond acceptors (Lipinski definition) is 4. The van der Waals surface area contributed by atoms with Gasteiger partial charge in [-0.1, -0.05) is 31.0 Å². The van der Waals surface area contributed by atoms with E-state index in [0.29, 0.717) is 5.75 Å². The highest BCUT2D eigenvalue weighted by atomic mass is 16.6. The first kappa shape index (κ1) is 15.4. The Kier molecular flexibility index (Phi) is 5.60. The van der Waals surface area contributed by atoms with Crippen LogP contribution >= 0.6 is 0 Å². The van der Waals surface area contributed by atoms with Crippen molar-refractivity contribution in [3.63, 3.8) is 0 Å². The fourth-order valence-electron chi connectivity index (χ4n) is 2.33. The molecule has 114 valence electrons. The number of amides is 1. The summed E-state index contributed by atoms with van der Waals surface area (Å²) >= 11 is 0. The van der Waals surface area contributed by atoms with E-state index in [-0.39, 0.29) is 18.6 Å². The van der Waals surface area contributed by atoms with E-state index in [2.05, 4.69) is 5.32 Å². The number of nitrogens with one attached hydrogen (secondary N) is 1. The molecule has 0 bridgehead atoms. The maximum atomic E-state index is 11.9. The highest BCUT2D eigenvalue weighted by Crippen LogP contribution is 2.17. The molecule has 5 nitrogen and oxygen atoms in total. The fourth-order valence-corrected chi connectivity index (χ4v) is 2.33. The van der Waals surface area contributed by atoms with E-state index < -0.39 is 12.1 Å². The Bertz CT molecular complexity index is 468. The number of carbonyl (C=O) groups excluding carboxylic acids is 2. The SMILES string of the molecule is C[C@H](OC(=O)COc1ccccc1)C(=O)NC1CCCC1. The minimum Gasteiger partial charge on any atom is -0.482 e. The van der Waals surface area contributed by atoms with Gasteiger partial charge in [0.1, 0.15) is 5.75 Å². The molecular weight excluding hydrogens is 270 g/mol. The quantitative estimate of drug-likeness (QED) is 0.815. The first-order valence-corrected chi connectivity index (χ1v) is 7.33. The van der Waals surface area contributed by atoms with E-state index in [1.165, 1.54) is 0 Å². The molecule has 1 saturated carbocycles. The lowest BCUT2D eigenvalue weighted by Gasteiger charge is -2.17. The third-order valence-electron chi connectivity index (χ3n) is 3.48. The van der Waals surface area contributed by atoms with Gasteiger partial charge in [0.05, 0.1) is 0 Å². The van der Waals surface area contributed by atoms with Gasteiger partial charge in [-0.15, -0.1) is 0 Å². The van der Waals surface area contributed by atoms with Gasteiger partial charge in [-0.3, -0.25) is 4.79 Å². The lowest BCUT2D eigenvalue weighted by molar-refractivity contribution is -0.156. The minimum atomic E-state index is -0.794. The van der Waals surface area contributed by atoms with Crippen molar-refractivity contribution < 1.29 is 19.1 Å². The smallest absolute Gasteiger partial charge is 0.344 e. The summed E-state index contributed by atoms with van der Waals surface area (Å²) in [5.41, 5.74) is 0. The van der Waals surface area contributed by atoms with Gasteiger partial charge < -0.3 is 14.8 Å². The van der Waals surface area contributed by atoms with Crippen molar-refractivity contribution in [3.8, 4) is 5.75 Å². The van der Waals surface area contributed by atoms with E-state index in [4.69, 9.17) is 9.47 Å². The highest BCUT2D eigenvalue weighted by molar-refractivity contribution is 5.83. The molecule has 1 fully saturated rings. The Labute approximate surface area is 124 Å². The number of carbonyl (C=O) groups is 2. The summed E-state index contributed by atoms with van der Waals surface area (Å²) in [4.78, 5) is 23.5. The first-order valence-electron chi connectivity index (χ1n) is 7.33. The molecule has 0 radical (unpaired) electrons. The topological polar surface area (TPSA) is 64.6 Å². The summed E-state index contributed by atoms with van der Waals surface area (Å²) in [5.74, 6) is -0.194. The third-order valence-corrected chi connectivity index (χ3v) is 3.48. The molecule has 1 aliphatic rings. The highest BCUT2D eigenvalue weighted by Gasteiger charge is 2.23. The molecule has 1 aromatic carbocycles. The van der Waals surface area contributed by atoms with Crippen molar-refractivity contribution in [1.29, 1.82) is 0 Å². The standard InChI is InChI=1S/C16H21NO4/c1-12(16(19)17-13-7-5-6-8-13)21-15(18)11-20-14-9-3-2-4-10-14/h2-4,9-10,12-13H,5-8,11H2,1H3,(H,17,19)/t12-/m0/s1. The van der Waals surface area contributed by atoms with Crippen LogP contribution in [0.25, 0.3) is 0 Å². The van der Waals surface area contributed by atoms with Crippen molar-refractivity contribution in [2.75, 3.05) is 6.61 Å². The van der Waals surface area contributed by atoms with Crippen LogP contribution in [0.3, 0.4) is 0 Å². The van der Waals surface area contributed by atoms with Crippen molar-refractivity contribution in [3.05, 3.63) is 30.3 Å². The van der Waals surface area contributed by atoms with Gasteiger partial charge in [-0.2, -0.15) is 0 Å². The molecule has 0 unspecified atom stereocenters. The maximum Gasteiger partial charge on any atom is 0.344 e. The average Bonchev–Trinajstić information content (AvgIpc) is 2.99. The Morgan fingerprint density at radius 1 is 1.24 bits per heavy atom. The van der Waals surface area contributed by atoms with Crippen LogP contribution in [0.1, 0.15) is 32.6 Å². The van der Waals surface area contributed by atoms with E-state index in [9.17, 15) is 9.59 Å². The Balaban J connectivity index is 1.69. The van der Waals surface area contributed by atoms with Gasteiger partial charge in [0.15, 0.2) is 12.7 Å². The number of hydrogen-bond donors (Lipinski definition) is 1. The molecule has 1 aliphatic carbocycles. The van der Waals surface area contributed by atoms with Crippen LogP contribution < -0.4 is 10.1 Å². The minimum absolute atomic E-state index is 0.203. The predicted molar refractivity (Wildman–Crippen MR) is 77.9 cm³/mol. The predicted octanol–water partition coefficient (Wildman–Crippen LogP) is 2.06. The Hall–Kier alpha value is -2.04. The number of ether oxygens (including phenoxy) is 2. The first-order chi connectivity index (χ1) is 10.1. The molecule has 0 aliphatic heterocycles. The van der Waals surface area contributed by atoms with E-state index in [0.717, 1.165) is 25.7 Å². The molecule has 0 spiro atoms. The van der Waals surface area contributed by atoms with Gasteiger partial charge in [0.2, 0.25) is 0 Å². The number of benzene rings is 1. The van der Waals surface area contributed by atoms with Gasteiger partial charge in [0.25, 0.3) is 5.91 Å². The summed E-state index contributed by atoms with van der Waals surface area (Å²) in [7, 11) is 0. The molecule has 1 amide bonds. The zero-order valence-corrected chi connectivity index (χ0v) is 12.2. The number of rotatable bonds is 6. The van der Waals surface area contributed by atoms with Crippen molar-refractivity contribution >= 4 is 11.9 Å². The molecule has 1 aromatic rings. The molecule has 21 heavy (non-hydrogen) atoms. The van der Waals surface area contributed by atoms with Crippen LogP contribution in [0.15, 0.2) is 30.3 Å². The van der Waals surface area contributed by atoms with Crippen LogP contribution in [0.5, 0.6) is 5.75 Å². The third kappa shape index (κ3) is 5.10. The number of esters is 1. The molecular formula is C16H21NO4. The molecule has 5 heteroatoms. The lowest BCUT2D eigenvalue weighted by Crippen LogP contribution is -2.41. The number of para-hydroxylation sites is 1. The van der Waals surface area contributed by atoms with E-state index in [1.807, 2.05) is 18.2 Å². The maximum absolute atomic E-state index is 11.9. The van der Waals surface area contributed by atoms with Gasteiger partial charge in [0, 0.05) is 6.04 Å². The van der Waals surface area contributed by atoms with E-state index >= 15 is 0 Å². The summed E-state index contributed by atoms with van der Waals surface area (Å²) in [6.45, 7) is 1.37. The average molecular weight is 291 g/mol. The second kappa shape index (κ2) is 7.67. The largest absolute Gasteiger partial charge is 0.482 e. The van der Waals surface area contributed by atoms with Gasteiger partial charge >= 0.3 is 5.97 Å². The van der Waals surface area contributed by atoms with E-state index in [1.54, 1.807) is 19.1 Å². The van der Waals surface area contributed by atoms with Crippen LogP contribution in [0.2, 0.25) is 0 Å². The zero-order chi connectivity index (χ0) is 15.1. The Morgan fingerprint density at radius 3 is 2.57 bits per heavy atom. The summed E-state index contributed by atoms with van der Waals surface area (Å²) in [6.07, 6.45) is 3.50. The second-order valence-corrected chi connectivity index (χ2v) is 5.22. The monoisotopic (exact) mass is 291 g/mol. The summed E-state index contributed by atoms with van der Waals surface area (Å²) in [6, 6.07) is 9.23. The molecule has 2 rings (SSSR count). The van der Waals surface area contributed by atoms with Crippen LogP contribution in [-0.2, 0) is 14.3 Å².